The van der Waals surface area contributed by atoms with E-state index in [9.17, 15) is 33.9 Å². The van der Waals surface area contributed by atoms with Crippen molar-refractivity contribution in [3.8, 4) is 0 Å². The highest BCUT2D eigenvalue weighted by Crippen LogP contribution is 2.13. The van der Waals surface area contributed by atoms with E-state index >= 15 is 0 Å². The number of aliphatic hydroxyl groups is 1. The molecule has 0 aromatic carbocycles. The number of hydrogen-bond acceptors (Lipinski definition) is 9. The topological polar surface area (TPSA) is 324 Å². The molecular weight excluding hydrogens is 773 g/mol. The molecule has 60 heavy (non-hydrogen) atoms. The number of guanidine groups is 2. The summed E-state index contributed by atoms with van der Waals surface area (Å²) >= 11 is 0. The molecule has 346 valence electrons. The number of hydrogen-bond donors (Lipinski definition) is 11. The Hall–Kier alpha value is -4.68. The van der Waals surface area contributed by atoms with Crippen molar-refractivity contribution >= 4 is 47.4 Å². The van der Waals surface area contributed by atoms with Crippen molar-refractivity contribution in [1.29, 1.82) is 0 Å². The maximum absolute atomic E-state index is 13.5. The number of nitrogens with two attached hydrogens (primary N) is 4. The van der Waals surface area contributed by atoms with Crippen LogP contribution in [0.15, 0.2) is 9.98 Å². The van der Waals surface area contributed by atoms with E-state index in [4.69, 9.17) is 22.9 Å². The van der Waals surface area contributed by atoms with Gasteiger partial charge in [0.2, 0.25) is 35.4 Å². The van der Waals surface area contributed by atoms with Crippen molar-refractivity contribution in [3.05, 3.63) is 0 Å². The minimum absolute atomic E-state index is 0.0139. The second-order valence-electron chi connectivity index (χ2n) is 15.9. The summed E-state index contributed by atoms with van der Waals surface area (Å²) in [7, 11) is 0. The molecule has 0 fully saturated rings. The SMILES string of the molecule is CCCCCCCCCCCCCCCC(=O)NCC(=O)N[C@@H](CO)C(=O)NCC(=O)N[C@@H](CCCN=C(N)N)C(=O)N[C@@H](CC(C)C)C(=O)N[C@H](C)CCCN=C(N)N. The molecule has 15 N–H and O–H groups in total. The van der Waals surface area contributed by atoms with E-state index in [1.165, 1.54) is 57.8 Å². The van der Waals surface area contributed by atoms with Gasteiger partial charge in [0.25, 0.3) is 0 Å². The van der Waals surface area contributed by atoms with E-state index in [-0.39, 0.29) is 55.7 Å². The average molecular weight is 853 g/mol. The van der Waals surface area contributed by atoms with Gasteiger partial charge in [0.1, 0.15) is 18.1 Å². The normalized spacial score (nSPS) is 12.9. The van der Waals surface area contributed by atoms with Crippen LogP contribution in [0.2, 0.25) is 0 Å². The molecule has 0 unspecified atom stereocenters. The fourth-order valence-corrected chi connectivity index (χ4v) is 6.31. The highest BCUT2D eigenvalue weighted by Gasteiger charge is 2.28. The van der Waals surface area contributed by atoms with Crippen LogP contribution in [-0.4, -0.2) is 109 Å². The monoisotopic (exact) mass is 853 g/mol. The summed E-state index contributed by atoms with van der Waals surface area (Å²) in [5.41, 5.74) is 21.6. The number of carbonyl (C=O) groups is 6. The molecular formula is C41H80N12O7. The lowest BCUT2D eigenvalue weighted by atomic mass is 10.0. The van der Waals surface area contributed by atoms with Crippen LogP contribution >= 0.6 is 0 Å². The molecule has 0 aromatic rings. The minimum atomic E-state index is -1.40. The average Bonchev–Trinajstić information content (AvgIpc) is 3.19. The van der Waals surface area contributed by atoms with Gasteiger partial charge in [0.15, 0.2) is 11.9 Å². The molecule has 0 aliphatic carbocycles. The Kier molecular flexibility index (Phi) is 32.4. The number of amides is 6. The van der Waals surface area contributed by atoms with Crippen molar-refractivity contribution in [2.45, 2.75) is 174 Å². The van der Waals surface area contributed by atoms with E-state index < -0.39 is 60.8 Å². The maximum atomic E-state index is 13.5. The zero-order chi connectivity index (χ0) is 45.1. The standard InChI is InChI=1S/C41H80N12O7/c1-5-6-7-8-9-10-11-12-13-14-15-16-17-22-34(55)48-26-35(56)52-33(28-54)37(58)49-27-36(57)51-31(21-19-24-47-41(44)45)38(59)53-32(25-29(2)3)39(60)50-30(4)20-18-23-46-40(42)43/h29-33,54H,5-28H2,1-4H3,(H,48,55)(H,49,58)(H,50,60)(H,51,57)(H,52,56)(H,53,59)(H4,42,43,46)(H4,44,45,47)/t30-,31+,32+,33+/m1/s1. The smallest absolute Gasteiger partial charge is 0.245 e. The van der Waals surface area contributed by atoms with E-state index in [1.807, 2.05) is 20.8 Å². The van der Waals surface area contributed by atoms with Crippen molar-refractivity contribution < 1.29 is 33.9 Å². The van der Waals surface area contributed by atoms with Crippen LogP contribution < -0.4 is 54.8 Å². The van der Waals surface area contributed by atoms with Crippen LogP contribution in [0.4, 0.5) is 0 Å². The third-order valence-corrected chi connectivity index (χ3v) is 9.63. The summed E-state index contributed by atoms with van der Waals surface area (Å²) < 4.78 is 0. The Balaban J connectivity index is 4.94. The lowest BCUT2D eigenvalue weighted by Gasteiger charge is -2.25. The third-order valence-electron chi connectivity index (χ3n) is 9.63. The van der Waals surface area contributed by atoms with Gasteiger partial charge in [-0.05, 0) is 51.4 Å². The second kappa shape index (κ2) is 35.1. The molecule has 6 amide bonds. The maximum Gasteiger partial charge on any atom is 0.245 e. The van der Waals surface area contributed by atoms with Gasteiger partial charge in [-0.15, -0.1) is 0 Å². The summed E-state index contributed by atoms with van der Waals surface area (Å²) in [6, 6.07) is -3.67. The molecule has 0 spiro atoms. The number of unbranched alkanes of at least 4 members (excludes halogenated alkanes) is 12. The number of aliphatic imine (C=N–C) groups is 2. The predicted octanol–water partition coefficient (Wildman–Crippen LogP) is 0.805. The zero-order valence-electron chi connectivity index (χ0n) is 37.0. The number of nitrogens with zero attached hydrogens (tertiary/aromatic N) is 2. The van der Waals surface area contributed by atoms with Gasteiger partial charge in [0.05, 0.1) is 19.7 Å². The zero-order valence-corrected chi connectivity index (χ0v) is 37.0. The van der Waals surface area contributed by atoms with Crippen LogP contribution in [0.5, 0.6) is 0 Å². The molecule has 4 atom stereocenters. The molecule has 0 aliphatic heterocycles. The molecule has 19 heteroatoms. The molecule has 0 radical (unpaired) electrons. The quantitative estimate of drug-likeness (QED) is 0.0238. The first kappa shape index (κ1) is 55.3. The van der Waals surface area contributed by atoms with E-state index in [0.29, 0.717) is 38.6 Å². The number of carbonyl (C=O) groups excluding carboxylic acids is 6. The molecule has 0 rings (SSSR count). The summed E-state index contributed by atoms with van der Waals surface area (Å²) in [4.78, 5) is 85.1. The first-order valence-electron chi connectivity index (χ1n) is 22.0. The number of rotatable bonds is 36. The molecule has 0 saturated carbocycles. The Labute approximate surface area is 358 Å². The van der Waals surface area contributed by atoms with Gasteiger partial charge in [0, 0.05) is 25.6 Å². The van der Waals surface area contributed by atoms with Crippen LogP contribution in [-0.2, 0) is 28.8 Å². The van der Waals surface area contributed by atoms with Gasteiger partial charge in [-0.2, -0.15) is 0 Å². The Morgan fingerprint density at radius 1 is 0.517 bits per heavy atom. The van der Waals surface area contributed by atoms with Crippen molar-refractivity contribution in [2.75, 3.05) is 32.8 Å². The summed E-state index contributed by atoms with van der Waals surface area (Å²) in [5.74, 6) is -3.70. The van der Waals surface area contributed by atoms with Gasteiger partial charge in [-0.1, -0.05) is 97.8 Å². The van der Waals surface area contributed by atoms with Crippen molar-refractivity contribution in [2.24, 2.45) is 38.8 Å². The van der Waals surface area contributed by atoms with Crippen molar-refractivity contribution in [1.82, 2.24) is 31.9 Å². The first-order chi connectivity index (χ1) is 28.6. The molecule has 0 bridgehead atoms. The molecule has 19 nitrogen and oxygen atoms in total. The van der Waals surface area contributed by atoms with Crippen LogP contribution in [0.25, 0.3) is 0 Å². The fraction of sp³-hybridized carbons (Fsp3) is 0.805. The minimum Gasteiger partial charge on any atom is -0.394 e. The largest absolute Gasteiger partial charge is 0.394 e. The highest BCUT2D eigenvalue weighted by molar-refractivity contribution is 5.94. The second-order valence-corrected chi connectivity index (χ2v) is 15.9. The van der Waals surface area contributed by atoms with Crippen LogP contribution in [0.1, 0.15) is 150 Å². The third kappa shape index (κ3) is 31.3. The van der Waals surface area contributed by atoms with Gasteiger partial charge < -0.3 is 59.9 Å². The molecule has 0 saturated heterocycles. The van der Waals surface area contributed by atoms with E-state index in [0.717, 1.165) is 19.3 Å². The lowest BCUT2D eigenvalue weighted by Crippen LogP contribution is -2.56. The first-order valence-corrected chi connectivity index (χ1v) is 22.0. The van der Waals surface area contributed by atoms with Crippen LogP contribution in [0, 0.1) is 5.92 Å². The summed E-state index contributed by atoms with van der Waals surface area (Å²) in [5, 5.41) is 25.2. The van der Waals surface area contributed by atoms with Gasteiger partial charge >= 0.3 is 0 Å². The van der Waals surface area contributed by atoms with E-state index in [2.05, 4.69) is 48.8 Å². The molecule has 0 aliphatic rings. The fourth-order valence-electron chi connectivity index (χ4n) is 6.31. The predicted molar refractivity (Wildman–Crippen MR) is 236 cm³/mol. The summed E-state index contributed by atoms with van der Waals surface area (Å²) in [6.07, 6.45) is 17.7. The lowest BCUT2D eigenvalue weighted by molar-refractivity contribution is -0.133. The number of nitrogens with one attached hydrogen (secondary N) is 6. The van der Waals surface area contributed by atoms with Gasteiger partial charge in [-0.3, -0.25) is 38.8 Å². The molecule has 0 aromatic heterocycles. The van der Waals surface area contributed by atoms with Gasteiger partial charge in [-0.25, -0.2) is 0 Å². The Morgan fingerprint density at radius 3 is 1.48 bits per heavy atom. The van der Waals surface area contributed by atoms with E-state index in [1.54, 1.807) is 0 Å². The highest BCUT2D eigenvalue weighted by atomic mass is 16.3. The molecule has 0 heterocycles. The summed E-state index contributed by atoms with van der Waals surface area (Å²) in [6.45, 7) is 6.70. The Bertz CT molecular complexity index is 1310. The van der Waals surface area contributed by atoms with Crippen molar-refractivity contribution in [3.63, 3.8) is 0 Å². The van der Waals surface area contributed by atoms with Crippen LogP contribution in [0.3, 0.4) is 0 Å². The number of aliphatic hydroxyl groups excluding tert-OH is 1. The Morgan fingerprint density at radius 2 is 0.983 bits per heavy atom.